The number of pyridine rings is 1. The van der Waals surface area contributed by atoms with Gasteiger partial charge in [-0.25, -0.2) is 0 Å². The lowest BCUT2D eigenvalue weighted by molar-refractivity contribution is 0.475. The van der Waals surface area contributed by atoms with Gasteiger partial charge in [-0.1, -0.05) is 29.3 Å². The molecule has 0 saturated heterocycles. The van der Waals surface area contributed by atoms with E-state index >= 15 is 0 Å². The molecule has 0 fully saturated rings. The molecule has 0 aliphatic heterocycles. The Bertz CT molecular complexity index is 506. The van der Waals surface area contributed by atoms with Gasteiger partial charge in [-0.2, -0.15) is 0 Å². The summed E-state index contributed by atoms with van der Waals surface area (Å²) in [6.45, 7) is 0. The number of phenols is 1. The first-order valence-electron chi connectivity index (χ1n) is 5.73. The molecule has 4 heteroatoms. The highest BCUT2D eigenvalue weighted by Crippen LogP contribution is 2.33. The molecule has 0 aliphatic rings. The van der Waals surface area contributed by atoms with E-state index in [1.165, 1.54) is 0 Å². The summed E-state index contributed by atoms with van der Waals surface area (Å²) in [5.74, 6) is -0.0493. The maximum atomic E-state index is 9.46. The standard InChI is InChI=1S/C14H13Cl2NO/c15-12-8-10(9-13(16)14(12)18)4-3-6-11-5-1-2-7-17-11/h1-2,5,7-9,18H,3-4,6H2. The topological polar surface area (TPSA) is 33.1 Å². The number of hydrogen-bond donors (Lipinski definition) is 1. The molecule has 0 amide bonds. The number of aromatic hydroxyl groups is 1. The average Bonchev–Trinajstić information content (AvgIpc) is 2.37. The normalized spacial score (nSPS) is 10.6. The van der Waals surface area contributed by atoms with Crippen LogP contribution in [0.4, 0.5) is 0 Å². The van der Waals surface area contributed by atoms with Crippen LogP contribution in [0, 0.1) is 0 Å². The second kappa shape index (κ2) is 6.07. The van der Waals surface area contributed by atoms with Crippen molar-refractivity contribution >= 4 is 23.2 Å². The van der Waals surface area contributed by atoms with Gasteiger partial charge in [0.2, 0.25) is 0 Å². The predicted octanol–water partition coefficient (Wildman–Crippen LogP) is 4.27. The fourth-order valence-corrected chi connectivity index (χ4v) is 2.31. The molecule has 94 valence electrons. The first kappa shape index (κ1) is 13.2. The van der Waals surface area contributed by atoms with Gasteiger partial charge in [-0.05, 0) is 49.1 Å². The summed E-state index contributed by atoms with van der Waals surface area (Å²) >= 11 is 11.7. The van der Waals surface area contributed by atoms with Crippen molar-refractivity contribution in [1.29, 1.82) is 0 Å². The van der Waals surface area contributed by atoms with Crippen molar-refractivity contribution in [3.63, 3.8) is 0 Å². The largest absolute Gasteiger partial charge is 0.505 e. The molecule has 0 radical (unpaired) electrons. The number of aromatic nitrogens is 1. The monoisotopic (exact) mass is 281 g/mol. The second-order valence-corrected chi connectivity index (χ2v) is 4.90. The second-order valence-electron chi connectivity index (χ2n) is 4.08. The average molecular weight is 282 g/mol. The fourth-order valence-electron chi connectivity index (χ4n) is 1.78. The van der Waals surface area contributed by atoms with E-state index in [4.69, 9.17) is 23.2 Å². The number of aryl methyl sites for hydroxylation is 2. The summed E-state index contributed by atoms with van der Waals surface area (Å²) < 4.78 is 0. The molecular weight excluding hydrogens is 269 g/mol. The summed E-state index contributed by atoms with van der Waals surface area (Å²) in [6, 6.07) is 9.40. The lowest BCUT2D eigenvalue weighted by Gasteiger charge is -2.05. The molecule has 2 aromatic rings. The minimum Gasteiger partial charge on any atom is -0.505 e. The maximum absolute atomic E-state index is 9.46. The molecule has 0 bridgehead atoms. The summed E-state index contributed by atoms with van der Waals surface area (Å²) in [4.78, 5) is 4.27. The molecule has 0 aliphatic carbocycles. The van der Waals surface area contributed by atoms with Gasteiger partial charge >= 0.3 is 0 Å². The molecular formula is C14H13Cl2NO. The smallest absolute Gasteiger partial charge is 0.152 e. The van der Waals surface area contributed by atoms with E-state index in [1.54, 1.807) is 18.3 Å². The van der Waals surface area contributed by atoms with Crippen LogP contribution in [0.5, 0.6) is 5.75 Å². The Labute approximate surface area is 116 Å². The maximum Gasteiger partial charge on any atom is 0.152 e. The van der Waals surface area contributed by atoms with E-state index in [-0.39, 0.29) is 5.75 Å². The van der Waals surface area contributed by atoms with Crippen LogP contribution in [0.2, 0.25) is 10.0 Å². The first-order valence-corrected chi connectivity index (χ1v) is 6.49. The lowest BCUT2D eigenvalue weighted by Crippen LogP contribution is -1.92. The van der Waals surface area contributed by atoms with Crippen LogP contribution in [-0.2, 0) is 12.8 Å². The van der Waals surface area contributed by atoms with Gasteiger partial charge in [0, 0.05) is 11.9 Å². The van der Waals surface area contributed by atoms with E-state index in [0.29, 0.717) is 10.0 Å². The van der Waals surface area contributed by atoms with Crippen molar-refractivity contribution < 1.29 is 5.11 Å². The molecule has 0 unspecified atom stereocenters. The third-order valence-corrected chi connectivity index (χ3v) is 3.28. The van der Waals surface area contributed by atoms with Crippen LogP contribution in [-0.4, -0.2) is 10.1 Å². The molecule has 0 saturated carbocycles. The number of phenolic OH excluding ortho intramolecular Hbond substituents is 1. The molecule has 0 atom stereocenters. The molecule has 2 nitrogen and oxygen atoms in total. The van der Waals surface area contributed by atoms with Crippen LogP contribution in [0.15, 0.2) is 36.5 Å². The molecule has 2 rings (SSSR count). The van der Waals surface area contributed by atoms with Crippen molar-refractivity contribution in [2.75, 3.05) is 0 Å². The SMILES string of the molecule is Oc1c(Cl)cc(CCCc2ccccn2)cc1Cl. The highest BCUT2D eigenvalue weighted by atomic mass is 35.5. The van der Waals surface area contributed by atoms with E-state index in [9.17, 15) is 5.11 Å². The van der Waals surface area contributed by atoms with Crippen molar-refractivity contribution in [2.45, 2.75) is 19.3 Å². The summed E-state index contributed by atoms with van der Waals surface area (Å²) in [6.07, 6.45) is 4.53. The third kappa shape index (κ3) is 3.37. The van der Waals surface area contributed by atoms with Crippen molar-refractivity contribution in [3.05, 3.63) is 57.8 Å². The van der Waals surface area contributed by atoms with E-state index in [1.807, 2.05) is 18.2 Å². The molecule has 1 heterocycles. The van der Waals surface area contributed by atoms with E-state index < -0.39 is 0 Å². The Morgan fingerprint density at radius 1 is 1.06 bits per heavy atom. The van der Waals surface area contributed by atoms with Crippen molar-refractivity contribution in [2.24, 2.45) is 0 Å². The van der Waals surface area contributed by atoms with Crippen LogP contribution in [0.25, 0.3) is 0 Å². The zero-order chi connectivity index (χ0) is 13.0. The summed E-state index contributed by atoms with van der Waals surface area (Å²) in [5.41, 5.74) is 2.10. The highest BCUT2D eigenvalue weighted by Gasteiger charge is 2.06. The van der Waals surface area contributed by atoms with Crippen molar-refractivity contribution in [3.8, 4) is 5.75 Å². The van der Waals surface area contributed by atoms with E-state index in [2.05, 4.69) is 4.98 Å². The minimum absolute atomic E-state index is 0.0493. The molecule has 1 aromatic heterocycles. The third-order valence-electron chi connectivity index (χ3n) is 2.70. The number of halogens is 2. The van der Waals surface area contributed by atoms with Gasteiger partial charge < -0.3 is 5.11 Å². The lowest BCUT2D eigenvalue weighted by atomic mass is 10.1. The summed E-state index contributed by atoms with van der Waals surface area (Å²) in [7, 11) is 0. The highest BCUT2D eigenvalue weighted by molar-refractivity contribution is 6.37. The van der Waals surface area contributed by atoms with Crippen LogP contribution in [0.1, 0.15) is 17.7 Å². The Balaban J connectivity index is 1.95. The molecule has 0 spiro atoms. The number of nitrogens with zero attached hydrogens (tertiary/aromatic N) is 1. The zero-order valence-electron chi connectivity index (χ0n) is 9.74. The van der Waals surface area contributed by atoms with Crippen LogP contribution < -0.4 is 0 Å². The van der Waals surface area contributed by atoms with Gasteiger partial charge in [-0.15, -0.1) is 0 Å². The molecule has 1 N–H and O–H groups in total. The number of benzene rings is 1. The number of rotatable bonds is 4. The Morgan fingerprint density at radius 3 is 2.39 bits per heavy atom. The number of hydrogen-bond acceptors (Lipinski definition) is 2. The van der Waals surface area contributed by atoms with Gasteiger partial charge in [0.25, 0.3) is 0 Å². The minimum atomic E-state index is -0.0493. The predicted molar refractivity (Wildman–Crippen MR) is 74.4 cm³/mol. The summed E-state index contributed by atoms with van der Waals surface area (Å²) in [5, 5.41) is 10.1. The first-order chi connectivity index (χ1) is 8.66. The van der Waals surface area contributed by atoms with E-state index in [0.717, 1.165) is 30.5 Å². The van der Waals surface area contributed by atoms with Crippen LogP contribution >= 0.6 is 23.2 Å². The quantitative estimate of drug-likeness (QED) is 0.908. The zero-order valence-corrected chi connectivity index (χ0v) is 11.2. The Kier molecular flexibility index (Phi) is 4.45. The Hall–Kier alpha value is -1.25. The Morgan fingerprint density at radius 2 is 1.78 bits per heavy atom. The van der Waals surface area contributed by atoms with Gasteiger partial charge in [0.1, 0.15) is 0 Å². The molecule has 18 heavy (non-hydrogen) atoms. The van der Waals surface area contributed by atoms with Crippen molar-refractivity contribution in [1.82, 2.24) is 4.98 Å². The van der Waals surface area contributed by atoms with Gasteiger partial charge in [0.05, 0.1) is 10.0 Å². The van der Waals surface area contributed by atoms with Gasteiger partial charge in [-0.3, -0.25) is 4.98 Å². The van der Waals surface area contributed by atoms with Gasteiger partial charge in [0.15, 0.2) is 5.75 Å². The molecule has 1 aromatic carbocycles. The fraction of sp³-hybridized carbons (Fsp3) is 0.214. The van der Waals surface area contributed by atoms with Crippen LogP contribution in [0.3, 0.4) is 0 Å².